The fourth-order valence-electron chi connectivity index (χ4n) is 1.96. The minimum atomic E-state index is -0.0929. The molecule has 0 aliphatic heterocycles. The number of amides is 1. The largest absolute Gasteiger partial charge is 0.323 e. The van der Waals surface area contributed by atoms with Crippen molar-refractivity contribution in [3.63, 3.8) is 0 Å². The molecule has 3 nitrogen and oxygen atoms in total. The highest BCUT2D eigenvalue weighted by Crippen LogP contribution is 2.26. The summed E-state index contributed by atoms with van der Waals surface area (Å²) >= 11 is 11.8. The van der Waals surface area contributed by atoms with Gasteiger partial charge in [0.25, 0.3) is 0 Å². The smallest absolute Gasteiger partial charge is 0.224 e. The Balaban J connectivity index is 1.97. The number of aryl methyl sites for hydroxylation is 3. The quantitative estimate of drug-likeness (QED) is 0.837. The van der Waals surface area contributed by atoms with Crippen LogP contribution in [0.15, 0.2) is 30.3 Å². The Bertz CT molecular complexity index is 631. The molecule has 0 atom stereocenters. The van der Waals surface area contributed by atoms with Crippen molar-refractivity contribution in [3.05, 3.63) is 57.3 Å². The van der Waals surface area contributed by atoms with Crippen LogP contribution in [0, 0.1) is 13.8 Å². The first kappa shape index (κ1) is 15.8. The highest BCUT2D eigenvalue weighted by molar-refractivity contribution is 6.34. The van der Waals surface area contributed by atoms with E-state index in [0.29, 0.717) is 23.7 Å². The number of nitrogens with one attached hydrogen (secondary N) is 1. The van der Waals surface area contributed by atoms with E-state index in [0.717, 1.165) is 11.1 Å². The van der Waals surface area contributed by atoms with Crippen molar-refractivity contribution in [2.45, 2.75) is 26.7 Å². The first-order valence-electron chi connectivity index (χ1n) is 6.64. The van der Waals surface area contributed by atoms with Gasteiger partial charge in [0, 0.05) is 6.42 Å². The van der Waals surface area contributed by atoms with E-state index in [1.54, 1.807) is 6.07 Å². The Labute approximate surface area is 134 Å². The summed E-state index contributed by atoms with van der Waals surface area (Å²) in [7, 11) is 0. The predicted octanol–water partition coefficient (Wildman–Crippen LogP) is 4.58. The third-order valence-electron chi connectivity index (χ3n) is 3.17. The molecule has 0 aliphatic rings. The molecular weight excluding hydrogens is 307 g/mol. The summed E-state index contributed by atoms with van der Waals surface area (Å²) < 4.78 is 0. The van der Waals surface area contributed by atoms with Crippen molar-refractivity contribution in [2.75, 3.05) is 5.32 Å². The molecule has 0 saturated carbocycles. The second-order valence-corrected chi connectivity index (χ2v) is 5.71. The minimum absolute atomic E-state index is 0.0929. The molecule has 0 bridgehead atoms. The van der Waals surface area contributed by atoms with Gasteiger partial charge in [-0.25, -0.2) is 4.98 Å². The van der Waals surface area contributed by atoms with Crippen molar-refractivity contribution in [3.8, 4) is 0 Å². The van der Waals surface area contributed by atoms with Gasteiger partial charge in [-0.1, -0.05) is 53.0 Å². The number of hydrogen-bond donors (Lipinski definition) is 1. The molecule has 0 fully saturated rings. The Kier molecular flexibility index (Phi) is 5.21. The topological polar surface area (TPSA) is 42.0 Å². The zero-order valence-electron chi connectivity index (χ0n) is 11.9. The SMILES string of the molecule is Cc1ccc(CCC(=O)Nc2c(C)cc(Cl)nc2Cl)cc1. The van der Waals surface area contributed by atoms with Gasteiger partial charge in [0.15, 0.2) is 5.15 Å². The van der Waals surface area contributed by atoms with E-state index in [4.69, 9.17) is 23.2 Å². The average Bonchev–Trinajstić information content (AvgIpc) is 2.42. The van der Waals surface area contributed by atoms with Gasteiger partial charge < -0.3 is 5.32 Å². The lowest BCUT2D eigenvalue weighted by Gasteiger charge is -2.10. The van der Waals surface area contributed by atoms with Crippen LogP contribution in [0.5, 0.6) is 0 Å². The molecule has 0 aliphatic carbocycles. The fraction of sp³-hybridized carbons (Fsp3) is 0.250. The maximum atomic E-state index is 12.0. The second-order valence-electron chi connectivity index (χ2n) is 4.96. The highest BCUT2D eigenvalue weighted by Gasteiger charge is 2.11. The molecule has 5 heteroatoms. The lowest BCUT2D eigenvalue weighted by atomic mass is 10.1. The van der Waals surface area contributed by atoms with Crippen molar-refractivity contribution >= 4 is 34.8 Å². The van der Waals surface area contributed by atoms with Gasteiger partial charge in [0.1, 0.15) is 5.15 Å². The van der Waals surface area contributed by atoms with Gasteiger partial charge in [-0.05, 0) is 37.5 Å². The molecule has 2 rings (SSSR count). The van der Waals surface area contributed by atoms with Gasteiger partial charge in [-0.2, -0.15) is 0 Å². The molecule has 0 radical (unpaired) electrons. The summed E-state index contributed by atoms with van der Waals surface area (Å²) in [6.07, 6.45) is 1.07. The van der Waals surface area contributed by atoms with Crippen molar-refractivity contribution in [1.29, 1.82) is 0 Å². The van der Waals surface area contributed by atoms with E-state index in [9.17, 15) is 4.79 Å². The third kappa shape index (κ3) is 4.45. The Hall–Kier alpha value is -1.58. The van der Waals surface area contributed by atoms with Crippen molar-refractivity contribution in [2.24, 2.45) is 0 Å². The minimum Gasteiger partial charge on any atom is -0.323 e. The summed E-state index contributed by atoms with van der Waals surface area (Å²) in [5.74, 6) is -0.0929. The van der Waals surface area contributed by atoms with Crippen LogP contribution in [0.1, 0.15) is 23.1 Å². The maximum Gasteiger partial charge on any atom is 0.224 e. The number of benzene rings is 1. The van der Waals surface area contributed by atoms with E-state index in [-0.39, 0.29) is 11.1 Å². The van der Waals surface area contributed by atoms with Gasteiger partial charge >= 0.3 is 0 Å². The zero-order chi connectivity index (χ0) is 15.4. The van der Waals surface area contributed by atoms with E-state index < -0.39 is 0 Å². The number of halogens is 2. The maximum absolute atomic E-state index is 12.0. The monoisotopic (exact) mass is 322 g/mol. The molecule has 1 N–H and O–H groups in total. The molecule has 110 valence electrons. The molecule has 1 aromatic heterocycles. The number of anilines is 1. The zero-order valence-corrected chi connectivity index (χ0v) is 13.4. The first-order valence-corrected chi connectivity index (χ1v) is 7.39. The van der Waals surface area contributed by atoms with Crippen LogP contribution in [0.3, 0.4) is 0 Å². The van der Waals surface area contributed by atoms with Crippen LogP contribution in [0.25, 0.3) is 0 Å². The average molecular weight is 323 g/mol. The molecular formula is C16H16Cl2N2O. The van der Waals surface area contributed by atoms with Crippen LogP contribution in [-0.2, 0) is 11.2 Å². The number of nitrogens with zero attached hydrogens (tertiary/aromatic N) is 1. The standard InChI is InChI=1S/C16H16Cl2N2O/c1-10-3-5-12(6-4-10)7-8-14(21)20-15-11(2)9-13(17)19-16(15)18/h3-6,9H,7-8H2,1-2H3,(H,20,21). The second kappa shape index (κ2) is 6.92. The van der Waals surface area contributed by atoms with Crippen LogP contribution in [0.4, 0.5) is 5.69 Å². The molecule has 1 amide bonds. The summed E-state index contributed by atoms with van der Waals surface area (Å²) in [6, 6.07) is 9.81. The molecule has 1 heterocycles. The number of carbonyl (C=O) groups excluding carboxylic acids is 1. The normalized spacial score (nSPS) is 10.5. The Morgan fingerprint density at radius 3 is 2.48 bits per heavy atom. The molecule has 0 spiro atoms. The lowest BCUT2D eigenvalue weighted by Crippen LogP contribution is -2.14. The number of pyridine rings is 1. The van der Waals surface area contributed by atoms with E-state index in [1.807, 2.05) is 38.1 Å². The highest BCUT2D eigenvalue weighted by atomic mass is 35.5. The summed E-state index contributed by atoms with van der Waals surface area (Å²) in [5, 5.41) is 3.32. The van der Waals surface area contributed by atoms with Gasteiger partial charge in [0.2, 0.25) is 5.91 Å². The fourth-order valence-corrected chi connectivity index (χ4v) is 2.54. The molecule has 21 heavy (non-hydrogen) atoms. The molecule has 2 aromatic rings. The lowest BCUT2D eigenvalue weighted by molar-refractivity contribution is -0.116. The number of hydrogen-bond acceptors (Lipinski definition) is 2. The Morgan fingerprint density at radius 1 is 1.19 bits per heavy atom. The molecule has 0 saturated heterocycles. The van der Waals surface area contributed by atoms with E-state index in [2.05, 4.69) is 10.3 Å². The summed E-state index contributed by atoms with van der Waals surface area (Å²) in [4.78, 5) is 15.9. The number of carbonyl (C=O) groups is 1. The van der Waals surface area contributed by atoms with Crippen molar-refractivity contribution < 1.29 is 4.79 Å². The van der Waals surface area contributed by atoms with Gasteiger partial charge in [-0.15, -0.1) is 0 Å². The summed E-state index contributed by atoms with van der Waals surface area (Å²) in [5.41, 5.74) is 3.66. The third-order valence-corrected chi connectivity index (χ3v) is 3.63. The number of rotatable bonds is 4. The summed E-state index contributed by atoms with van der Waals surface area (Å²) in [6.45, 7) is 3.86. The first-order chi connectivity index (χ1) is 9.95. The predicted molar refractivity (Wildman–Crippen MR) is 87.1 cm³/mol. The van der Waals surface area contributed by atoms with Gasteiger partial charge in [0.05, 0.1) is 5.69 Å². The number of aromatic nitrogens is 1. The van der Waals surface area contributed by atoms with Crippen molar-refractivity contribution in [1.82, 2.24) is 4.98 Å². The van der Waals surface area contributed by atoms with E-state index in [1.165, 1.54) is 5.56 Å². The van der Waals surface area contributed by atoms with Crippen LogP contribution in [0.2, 0.25) is 10.3 Å². The van der Waals surface area contributed by atoms with E-state index >= 15 is 0 Å². The van der Waals surface area contributed by atoms with Crippen LogP contribution in [-0.4, -0.2) is 10.9 Å². The molecule has 0 unspecified atom stereocenters. The van der Waals surface area contributed by atoms with Crippen LogP contribution < -0.4 is 5.32 Å². The van der Waals surface area contributed by atoms with Crippen LogP contribution >= 0.6 is 23.2 Å². The Morgan fingerprint density at radius 2 is 1.86 bits per heavy atom. The molecule has 1 aromatic carbocycles. The van der Waals surface area contributed by atoms with Gasteiger partial charge in [-0.3, -0.25) is 4.79 Å².